The predicted molar refractivity (Wildman–Crippen MR) is 206 cm³/mol. The summed E-state index contributed by atoms with van der Waals surface area (Å²) in [4.78, 5) is 34.3. The molecule has 0 fully saturated rings. The van der Waals surface area contributed by atoms with Crippen molar-refractivity contribution in [2.24, 2.45) is 0 Å². The van der Waals surface area contributed by atoms with Crippen LogP contribution >= 0.6 is 23.1 Å². The summed E-state index contributed by atoms with van der Waals surface area (Å²) in [5.74, 6) is 0. The van der Waals surface area contributed by atoms with Gasteiger partial charge in [0.1, 0.15) is 0 Å². The van der Waals surface area contributed by atoms with E-state index >= 15 is 0 Å². The molecule has 4 aromatic heterocycles. The van der Waals surface area contributed by atoms with E-state index in [1.165, 1.54) is 54.1 Å². The second kappa shape index (κ2) is 17.7. The molecule has 0 aliphatic carbocycles. The van der Waals surface area contributed by atoms with Crippen LogP contribution in [0.4, 0.5) is 0 Å². The summed E-state index contributed by atoms with van der Waals surface area (Å²) in [6, 6.07) is 12.8. The molecule has 0 amide bonds. The number of aryl methyl sites for hydroxylation is 3. The Kier molecular flexibility index (Phi) is 13.5. The first-order chi connectivity index (χ1) is 23.5. The number of carbonyl (C=O) groups is 1. The maximum atomic E-state index is 12.0. The normalized spacial score (nSPS) is 12.1. The van der Waals surface area contributed by atoms with Gasteiger partial charge in [-0.05, 0) is 103 Å². The van der Waals surface area contributed by atoms with Gasteiger partial charge in [0.05, 0.1) is 27.0 Å². The van der Waals surface area contributed by atoms with Crippen molar-refractivity contribution < 1.29 is 24.3 Å². The van der Waals surface area contributed by atoms with E-state index in [4.69, 9.17) is 19.9 Å². The summed E-state index contributed by atoms with van der Waals surface area (Å²) in [5, 5.41) is 0.0837. The number of carbonyl (C=O) groups excluding carboxylic acids is 1. The van der Waals surface area contributed by atoms with Gasteiger partial charge in [-0.15, -0.1) is 33.4 Å². The van der Waals surface area contributed by atoms with Crippen LogP contribution < -0.4 is 9.97 Å². The fourth-order valence-corrected chi connectivity index (χ4v) is 8.60. The Balaban J connectivity index is 0.00000468. The van der Waals surface area contributed by atoms with Crippen molar-refractivity contribution in [3.05, 3.63) is 75.9 Å². The molecule has 5 nitrogen and oxygen atoms in total. The standard InChI is InChI=1S/C41H46N4OS2.Zn/c1-5-8-11-14-28-31-17-19-33(42-31)29(15-12-9-6-2)35-21-23-37(44-35)41(39-25-26-40(48-39)47-27(4)46)38-24-22-36(45-38)30(16-13-10-7-3)34-20-18-32(28)43-34;/h17-26H,5-16H2,1-4H3;/q-2;+2. The number of hydrogen-bond donors (Lipinski definition) is 0. The van der Waals surface area contributed by atoms with Gasteiger partial charge in [-0.1, -0.05) is 83.6 Å². The van der Waals surface area contributed by atoms with Gasteiger partial charge in [0.2, 0.25) is 0 Å². The van der Waals surface area contributed by atoms with Gasteiger partial charge in [0.15, 0.2) is 5.12 Å². The molecule has 0 aromatic carbocycles. The minimum absolute atomic E-state index is 0. The molecule has 2 aliphatic rings. The maximum Gasteiger partial charge on any atom is 2.00 e. The van der Waals surface area contributed by atoms with E-state index in [2.05, 4.69) is 75.4 Å². The van der Waals surface area contributed by atoms with Gasteiger partial charge in [0.25, 0.3) is 0 Å². The van der Waals surface area contributed by atoms with E-state index in [0.29, 0.717) is 0 Å². The van der Waals surface area contributed by atoms with E-state index in [1.54, 1.807) is 18.3 Å². The number of rotatable bonds is 14. The molecule has 0 N–H and O–H groups in total. The van der Waals surface area contributed by atoms with E-state index < -0.39 is 0 Å². The number of hydrogen-bond acceptors (Lipinski definition) is 5. The molecule has 6 rings (SSSR count). The summed E-state index contributed by atoms with van der Waals surface area (Å²) < 4.78 is 0.974. The van der Waals surface area contributed by atoms with Gasteiger partial charge in [-0.25, -0.2) is 9.97 Å². The Morgan fingerprint density at radius 1 is 0.612 bits per heavy atom. The molecular formula is C41H46N4OS2Zn. The van der Waals surface area contributed by atoms with Crippen LogP contribution in [-0.4, -0.2) is 15.1 Å². The molecule has 0 saturated carbocycles. The number of thiophene rings is 1. The first-order valence-corrected chi connectivity index (χ1v) is 19.4. The minimum Gasteiger partial charge on any atom is -0.657 e. The van der Waals surface area contributed by atoms with E-state index in [1.807, 2.05) is 6.07 Å². The number of fused-ring (bicyclic) bond motifs is 8. The third kappa shape index (κ3) is 8.82. The molecule has 0 unspecified atom stereocenters. The zero-order valence-corrected chi connectivity index (χ0v) is 34.1. The van der Waals surface area contributed by atoms with Crippen LogP contribution in [0.25, 0.3) is 56.8 Å². The maximum absolute atomic E-state index is 12.0. The summed E-state index contributed by atoms with van der Waals surface area (Å²) in [6.45, 7) is 8.36. The molecule has 8 bridgehead atoms. The smallest absolute Gasteiger partial charge is 0.657 e. The van der Waals surface area contributed by atoms with Crippen LogP contribution in [0.5, 0.6) is 0 Å². The topological polar surface area (TPSA) is 71.1 Å². The molecule has 49 heavy (non-hydrogen) atoms. The largest absolute Gasteiger partial charge is 2.00 e. The number of aromatic nitrogens is 4. The minimum atomic E-state index is 0. The van der Waals surface area contributed by atoms with E-state index in [-0.39, 0.29) is 24.6 Å². The molecule has 6 heterocycles. The fourth-order valence-electron chi connectivity index (χ4n) is 6.59. The van der Waals surface area contributed by atoms with Crippen molar-refractivity contribution in [3.63, 3.8) is 0 Å². The van der Waals surface area contributed by atoms with Gasteiger partial charge in [-0.3, -0.25) is 4.79 Å². The molecule has 0 radical (unpaired) electrons. The molecule has 4 aromatic rings. The van der Waals surface area contributed by atoms with Crippen LogP contribution in [0.3, 0.4) is 0 Å². The van der Waals surface area contributed by atoms with Crippen molar-refractivity contribution >= 4 is 74.6 Å². The van der Waals surface area contributed by atoms with Crippen molar-refractivity contribution in [3.8, 4) is 10.4 Å². The quantitative estimate of drug-likeness (QED) is 0.0629. The SMILES string of the molecule is CCCCCc1c2nc(c(CCCCC)c3ccc([n-]3)c(-c3ccc(SC(C)=O)s3)c3nc(c(CCCCC)c4ccc1[n-]4)C=C3)C=C2.[Zn+2]. The Labute approximate surface area is 312 Å². The number of unbranched alkanes of at least 4 members (excludes halogenated alkanes) is 6. The molecule has 250 valence electrons. The fraction of sp³-hybridized carbons (Fsp3) is 0.390. The Morgan fingerprint density at radius 2 is 1.04 bits per heavy atom. The van der Waals surface area contributed by atoms with Gasteiger partial charge in [0, 0.05) is 17.4 Å². The van der Waals surface area contributed by atoms with Gasteiger partial charge < -0.3 is 9.97 Å². The summed E-state index contributed by atoms with van der Waals surface area (Å²) >= 11 is 2.90. The summed E-state index contributed by atoms with van der Waals surface area (Å²) in [6.07, 6.45) is 21.8. The Bertz CT molecular complexity index is 1990. The Hall–Kier alpha value is -3.06. The second-order valence-corrected chi connectivity index (χ2v) is 15.3. The molecule has 0 atom stereocenters. The third-order valence-electron chi connectivity index (χ3n) is 9.09. The molecule has 0 spiro atoms. The van der Waals surface area contributed by atoms with E-state index in [0.717, 1.165) is 111 Å². The van der Waals surface area contributed by atoms with Gasteiger partial charge in [-0.2, -0.15) is 0 Å². The second-order valence-electron chi connectivity index (χ2n) is 12.8. The Morgan fingerprint density at radius 3 is 1.51 bits per heavy atom. The third-order valence-corrected chi connectivity index (χ3v) is 11.1. The molecular weight excluding hydrogens is 694 g/mol. The van der Waals surface area contributed by atoms with Crippen LogP contribution in [0.2, 0.25) is 0 Å². The zero-order valence-electron chi connectivity index (χ0n) is 29.5. The van der Waals surface area contributed by atoms with Crippen molar-refractivity contribution in [1.82, 2.24) is 19.9 Å². The number of thioether (sulfide) groups is 1. The van der Waals surface area contributed by atoms with Crippen LogP contribution in [0, 0.1) is 0 Å². The molecule has 0 saturated heterocycles. The molecule has 8 heteroatoms. The van der Waals surface area contributed by atoms with Crippen molar-refractivity contribution in [1.29, 1.82) is 0 Å². The molecule has 2 aliphatic heterocycles. The monoisotopic (exact) mass is 738 g/mol. The predicted octanol–water partition coefficient (Wildman–Crippen LogP) is 11.5. The van der Waals surface area contributed by atoms with Gasteiger partial charge >= 0.3 is 19.5 Å². The first kappa shape index (κ1) is 37.2. The average Bonchev–Trinajstić information content (AvgIpc) is 3.92. The van der Waals surface area contributed by atoms with Crippen molar-refractivity contribution in [2.75, 3.05) is 0 Å². The first-order valence-electron chi connectivity index (χ1n) is 17.8. The summed E-state index contributed by atoms with van der Waals surface area (Å²) in [7, 11) is 0. The van der Waals surface area contributed by atoms with Crippen LogP contribution in [-0.2, 0) is 43.5 Å². The zero-order chi connectivity index (χ0) is 33.5. The van der Waals surface area contributed by atoms with Crippen LogP contribution in [0.1, 0.15) is 125 Å². The average molecular weight is 740 g/mol. The van der Waals surface area contributed by atoms with Crippen LogP contribution in [0.15, 0.2) is 40.6 Å². The summed E-state index contributed by atoms with van der Waals surface area (Å²) in [5.41, 5.74) is 12.4. The number of nitrogens with zero attached hydrogens (tertiary/aromatic N) is 4. The van der Waals surface area contributed by atoms with E-state index in [9.17, 15) is 4.79 Å². The van der Waals surface area contributed by atoms with Crippen molar-refractivity contribution in [2.45, 2.75) is 109 Å².